The molecule has 3 N–H and O–H groups in total. The molecule has 2 aliphatic carbocycles. The molecule has 0 saturated heterocycles. The lowest BCUT2D eigenvalue weighted by Gasteiger charge is -2.44. The molecule has 188 valence electrons. The average molecular weight is 484 g/mol. The molecule has 5 nitrogen and oxygen atoms in total. The molecule has 0 bridgehead atoms. The van der Waals surface area contributed by atoms with Gasteiger partial charge in [0.05, 0.1) is 17.3 Å². The van der Waals surface area contributed by atoms with Crippen LogP contribution in [0.4, 0.5) is 20.2 Å². The first-order chi connectivity index (χ1) is 17.0. The van der Waals surface area contributed by atoms with Gasteiger partial charge in [-0.2, -0.15) is 8.78 Å². The van der Waals surface area contributed by atoms with Crippen LogP contribution in [-0.2, 0) is 10.5 Å². The van der Waals surface area contributed by atoms with Crippen LogP contribution in [0.1, 0.15) is 69.8 Å². The number of halogens is 2. The molecule has 2 aromatic rings. The Bertz CT molecular complexity index is 977. The number of hydrogen-bond donors (Lipinski definition) is 3. The Kier molecular flexibility index (Phi) is 7.12. The summed E-state index contributed by atoms with van der Waals surface area (Å²) in [5.41, 5.74) is 1.83. The fourth-order valence-corrected chi connectivity index (χ4v) is 6.31. The van der Waals surface area contributed by atoms with Gasteiger partial charge < -0.3 is 20.7 Å². The topological polar surface area (TPSA) is 62.4 Å². The van der Waals surface area contributed by atoms with Crippen LogP contribution in [0.3, 0.4) is 0 Å². The van der Waals surface area contributed by atoms with Crippen molar-refractivity contribution < 1.29 is 18.3 Å². The zero-order valence-electron chi connectivity index (χ0n) is 20.1. The van der Waals surface area contributed by atoms with E-state index in [1.165, 1.54) is 12.8 Å². The van der Waals surface area contributed by atoms with Gasteiger partial charge in [0.25, 0.3) is 0 Å². The second-order valence-electron chi connectivity index (χ2n) is 10.2. The van der Waals surface area contributed by atoms with Crippen molar-refractivity contribution in [3.63, 3.8) is 0 Å². The number of fused-ring (bicyclic) bond motifs is 1. The van der Waals surface area contributed by atoms with Crippen molar-refractivity contribution in [3.05, 3.63) is 54.1 Å². The molecule has 1 aliphatic heterocycles. The van der Waals surface area contributed by atoms with Crippen LogP contribution < -0.4 is 20.7 Å². The first-order valence-corrected chi connectivity index (χ1v) is 13.1. The minimum absolute atomic E-state index is 0.0736. The quantitative estimate of drug-likeness (QED) is 0.414. The van der Waals surface area contributed by atoms with Gasteiger partial charge in [0.2, 0.25) is 5.91 Å². The van der Waals surface area contributed by atoms with Crippen LogP contribution in [0.25, 0.3) is 0 Å². The van der Waals surface area contributed by atoms with E-state index in [4.69, 9.17) is 0 Å². The van der Waals surface area contributed by atoms with Crippen molar-refractivity contribution in [1.29, 1.82) is 0 Å². The summed E-state index contributed by atoms with van der Waals surface area (Å²) in [5, 5.41) is 10.8. The van der Waals surface area contributed by atoms with Crippen LogP contribution in [0, 0.1) is 11.8 Å². The number of carbonyl (C=O) groups is 1. The largest absolute Gasteiger partial charge is 0.435 e. The molecule has 3 aliphatic rings. The Hall–Kier alpha value is -2.83. The van der Waals surface area contributed by atoms with Gasteiger partial charge in [-0.05, 0) is 61.4 Å². The number of rotatable bonds is 7. The number of ether oxygens (including phenoxy) is 1. The van der Waals surface area contributed by atoms with E-state index in [9.17, 15) is 13.6 Å². The summed E-state index contributed by atoms with van der Waals surface area (Å²) in [6, 6.07) is 14.9. The van der Waals surface area contributed by atoms with Crippen molar-refractivity contribution in [2.75, 3.05) is 10.6 Å². The van der Waals surface area contributed by atoms with Crippen molar-refractivity contribution >= 4 is 17.3 Å². The third-order valence-corrected chi connectivity index (χ3v) is 7.95. The van der Waals surface area contributed by atoms with Crippen molar-refractivity contribution in [2.45, 2.75) is 82.5 Å². The highest BCUT2D eigenvalue weighted by Crippen LogP contribution is 2.49. The van der Waals surface area contributed by atoms with Crippen LogP contribution in [0.15, 0.2) is 48.5 Å². The van der Waals surface area contributed by atoms with Gasteiger partial charge in [-0.25, -0.2) is 0 Å². The number of hydrogen-bond acceptors (Lipinski definition) is 4. The fraction of sp³-hybridized carbons (Fsp3) is 0.536. The fourth-order valence-electron chi connectivity index (χ4n) is 6.31. The first kappa shape index (κ1) is 23.9. The summed E-state index contributed by atoms with van der Waals surface area (Å²) in [6.45, 7) is -2.88. The maximum atomic E-state index is 14.1. The number of nitrogens with one attached hydrogen (secondary N) is 3. The Morgan fingerprint density at radius 1 is 0.857 bits per heavy atom. The lowest BCUT2D eigenvalue weighted by molar-refractivity contribution is -0.130. The van der Waals surface area contributed by atoms with Crippen molar-refractivity contribution in [3.8, 4) is 5.75 Å². The maximum absolute atomic E-state index is 14.1. The molecule has 1 heterocycles. The van der Waals surface area contributed by atoms with E-state index in [-0.39, 0.29) is 29.5 Å². The Balaban J connectivity index is 1.54. The molecule has 7 heteroatoms. The first-order valence-electron chi connectivity index (χ1n) is 13.1. The molecular weight excluding hydrogens is 448 g/mol. The highest BCUT2D eigenvalue weighted by molar-refractivity contribution is 5.86. The van der Waals surface area contributed by atoms with Gasteiger partial charge in [-0.1, -0.05) is 62.8 Å². The number of anilines is 2. The Morgan fingerprint density at radius 3 is 2.00 bits per heavy atom. The molecule has 2 fully saturated rings. The predicted octanol–water partition coefficient (Wildman–Crippen LogP) is 6.62. The third-order valence-electron chi connectivity index (χ3n) is 7.95. The lowest BCUT2D eigenvalue weighted by Crippen LogP contribution is -2.56. The summed E-state index contributed by atoms with van der Waals surface area (Å²) in [6.07, 6.45) is 11.0. The molecule has 1 amide bonds. The van der Waals surface area contributed by atoms with E-state index >= 15 is 0 Å². The van der Waals surface area contributed by atoms with E-state index in [1.807, 2.05) is 24.3 Å². The molecule has 2 saturated carbocycles. The molecule has 35 heavy (non-hydrogen) atoms. The van der Waals surface area contributed by atoms with E-state index < -0.39 is 12.3 Å². The second kappa shape index (κ2) is 10.4. The summed E-state index contributed by atoms with van der Waals surface area (Å²) in [5.74, 6) is 0.0254. The van der Waals surface area contributed by atoms with Crippen molar-refractivity contribution in [2.24, 2.45) is 11.8 Å². The monoisotopic (exact) mass is 483 g/mol. The van der Waals surface area contributed by atoms with E-state index in [2.05, 4.69) is 20.7 Å². The van der Waals surface area contributed by atoms with Crippen LogP contribution in [0.2, 0.25) is 0 Å². The number of carbonyl (C=O) groups excluding carboxylic acids is 1. The minimum Gasteiger partial charge on any atom is -0.435 e. The minimum atomic E-state index is -2.88. The summed E-state index contributed by atoms with van der Waals surface area (Å²) < 4.78 is 30.2. The maximum Gasteiger partial charge on any atom is 0.387 e. The Labute approximate surface area is 206 Å². The van der Waals surface area contributed by atoms with Crippen molar-refractivity contribution in [1.82, 2.24) is 5.32 Å². The van der Waals surface area contributed by atoms with Crippen LogP contribution >= 0.6 is 0 Å². The Morgan fingerprint density at radius 2 is 1.43 bits per heavy atom. The SMILES string of the molecule is O=C(NC1CCCCC1)C(C1CCCCC1)C1(c2ccc(OC(F)F)cc2)Nc2ccccc2N1. The van der Waals surface area contributed by atoms with E-state index in [0.29, 0.717) is 0 Å². The molecular formula is C28H35F2N3O2. The summed E-state index contributed by atoms with van der Waals surface area (Å²) >= 11 is 0. The smallest absolute Gasteiger partial charge is 0.387 e. The number of amides is 1. The van der Waals surface area contributed by atoms with E-state index in [1.54, 1.807) is 24.3 Å². The number of benzene rings is 2. The van der Waals surface area contributed by atoms with Crippen LogP contribution in [0.5, 0.6) is 5.75 Å². The normalized spacial score (nSPS) is 21.0. The van der Waals surface area contributed by atoms with E-state index in [0.717, 1.165) is 68.3 Å². The zero-order valence-corrected chi connectivity index (χ0v) is 20.1. The van der Waals surface area contributed by atoms with Gasteiger partial charge in [-0.15, -0.1) is 0 Å². The van der Waals surface area contributed by atoms with Gasteiger partial charge in [0.15, 0.2) is 0 Å². The van der Waals surface area contributed by atoms with Gasteiger partial charge in [0.1, 0.15) is 11.4 Å². The molecule has 0 aromatic heterocycles. The zero-order chi connectivity index (χ0) is 24.3. The van der Waals surface area contributed by atoms with Gasteiger partial charge in [0, 0.05) is 6.04 Å². The number of para-hydroxylation sites is 2. The summed E-state index contributed by atoms with van der Waals surface area (Å²) in [7, 11) is 0. The van der Waals surface area contributed by atoms with Gasteiger partial charge >= 0.3 is 6.61 Å². The third kappa shape index (κ3) is 5.09. The second-order valence-corrected chi connectivity index (χ2v) is 10.2. The molecule has 1 atom stereocenters. The molecule has 2 aromatic carbocycles. The number of alkyl halides is 2. The predicted molar refractivity (Wildman–Crippen MR) is 134 cm³/mol. The molecule has 0 spiro atoms. The standard InChI is InChI=1S/C28H35F2N3O2/c29-27(30)35-22-17-15-20(16-18-22)28(32-23-13-7-8-14-24(23)33-28)25(19-9-3-1-4-10-19)26(34)31-21-11-5-2-6-12-21/h7-8,13-19,21,25,27,32-33H,1-6,9-12H2,(H,31,34). The summed E-state index contributed by atoms with van der Waals surface area (Å²) in [4.78, 5) is 14.1. The lowest BCUT2D eigenvalue weighted by atomic mass is 9.71. The molecule has 1 unspecified atom stereocenters. The average Bonchev–Trinajstić information content (AvgIpc) is 3.25. The highest BCUT2D eigenvalue weighted by Gasteiger charge is 2.52. The van der Waals surface area contributed by atoms with Crippen LogP contribution in [-0.4, -0.2) is 18.6 Å². The highest BCUT2D eigenvalue weighted by atomic mass is 19.3. The van der Waals surface area contributed by atoms with Gasteiger partial charge in [-0.3, -0.25) is 4.79 Å². The molecule has 0 radical (unpaired) electrons. The molecule has 5 rings (SSSR count).